The molecule has 1 saturated heterocycles. The summed E-state index contributed by atoms with van der Waals surface area (Å²) in [6.07, 6.45) is -4.98. The lowest BCUT2D eigenvalue weighted by atomic mass is 9.96. The Morgan fingerprint density at radius 2 is 1.55 bits per heavy atom. The molecule has 1 fully saturated rings. The van der Waals surface area contributed by atoms with Crippen molar-refractivity contribution in [2.45, 2.75) is 65.3 Å². The molecule has 0 bridgehead atoms. The fourth-order valence-corrected chi connectivity index (χ4v) is 4.82. The van der Waals surface area contributed by atoms with Gasteiger partial charge in [0, 0.05) is 33.8 Å². The first-order chi connectivity index (χ1) is 19.9. The molecule has 12 heteroatoms. The van der Waals surface area contributed by atoms with Crippen molar-refractivity contribution in [1.82, 2.24) is 5.32 Å². The van der Waals surface area contributed by atoms with E-state index in [9.17, 15) is 24.0 Å². The van der Waals surface area contributed by atoms with Crippen LogP contribution in [0.5, 0.6) is 5.75 Å². The van der Waals surface area contributed by atoms with Crippen LogP contribution in [0.15, 0.2) is 57.7 Å². The number of benzene rings is 2. The van der Waals surface area contributed by atoms with E-state index in [1.165, 1.54) is 26.0 Å². The van der Waals surface area contributed by atoms with Crippen molar-refractivity contribution in [3.63, 3.8) is 0 Å². The van der Waals surface area contributed by atoms with Gasteiger partial charge in [-0.05, 0) is 24.6 Å². The third kappa shape index (κ3) is 6.95. The van der Waals surface area contributed by atoms with Crippen molar-refractivity contribution in [2.75, 3.05) is 6.61 Å². The predicted molar refractivity (Wildman–Crippen MR) is 147 cm³/mol. The summed E-state index contributed by atoms with van der Waals surface area (Å²) in [4.78, 5) is 61.1. The molecule has 1 aliphatic rings. The lowest BCUT2D eigenvalue weighted by molar-refractivity contribution is -0.257. The summed E-state index contributed by atoms with van der Waals surface area (Å²) >= 11 is 0. The molecule has 42 heavy (non-hydrogen) atoms. The second kappa shape index (κ2) is 12.9. The Bertz CT molecular complexity index is 1550. The molecular weight excluding hydrogens is 550 g/mol. The van der Waals surface area contributed by atoms with Crippen molar-refractivity contribution >= 4 is 34.8 Å². The number of nitrogens with one attached hydrogen (secondary N) is 1. The van der Waals surface area contributed by atoms with Crippen LogP contribution in [0.2, 0.25) is 0 Å². The van der Waals surface area contributed by atoms with Crippen LogP contribution in [-0.2, 0) is 38.1 Å². The lowest BCUT2D eigenvalue weighted by Crippen LogP contribution is -2.67. The van der Waals surface area contributed by atoms with Gasteiger partial charge in [-0.1, -0.05) is 30.3 Å². The van der Waals surface area contributed by atoms with Crippen LogP contribution in [0.3, 0.4) is 0 Å². The quantitative estimate of drug-likeness (QED) is 0.308. The minimum atomic E-state index is -1.32. The van der Waals surface area contributed by atoms with E-state index in [4.69, 9.17) is 28.1 Å². The number of carbonyl (C=O) groups is 4. The molecule has 12 nitrogen and oxygen atoms in total. The number of carbonyl (C=O) groups excluding carboxylic acids is 4. The van der Waals surface area contributed by atoms with Gasteiger partial charge in [-0.25, -0.2) is 0 Å². The lowest BCUT2D eigenvalue weighted by Gasteiger charge is -2.44. The SMILES string of the molecule is CC(=O)NC1C(Oc2ccc3c(=O)c(-c4ccccc4)c(C)oc3c2)OC(COC(C)=O)C(OC(C)=O)C1OC(C)=O. The first kappa shape index (κ1) is 30.3. The zero-order valence-corrected chi connectivity index (χ0v) is 23.7. The zero-order chi connectivity index (χ0) is 30.6. The van der Waals surface area contributed by atoms with Crippen LogP contribution in [0.4, 0.5) is 0 Å². The number of rotatable bonds is 8. The molecule has 5 unspecified atom stereocenters. The van der Waals surface area contributed by atoms with E-state index in [2.05, 4.69) is 5.32 Å². The highest BCUT2D eigenvalue weighted by Crippen LogP contribution is 2.31. The first-order valence-electron chi connectivity index (χ1n) is 13.1. The van der Waals surface area contributed by atoms with E-state index < -0.39 is 54.5 Å². The molecule has 2 heterocycles. The van der Waals surface area contributed by atoms with Crippen LogP contribution in [0.25, 0.3) is 22.1 Å². The number of ether oxygens (including phenoxy) is 5. The Morgan fingerprint density at radius 1 is 0.881 bits per heavy atom. The Labute approximate surface area is 240 Å². The number of hydrogen-bond donors (Lipinski definition) is 1. The minimum absolute atomic E-state index is 0.191. The Kier molecular flexibility index (Phi) is 9.26. The molecule has 0 spiro atoms. The van der Waals surface area contributed by atoms with Gasteiger partial charge in [-0.3, -0.25) is 24.0 Å². The van der Waals surface area contributed by atoms with Crippen LogP contribution >= 0.6 is 0 Å². The summed E-state index contributed by atoms with van der Waals surface area (Å²) in [6, 6.07) is 12.5. The molecule has 0 saturated carbocycles. The van der Waals surface area contributed by atoms with E-state index in [0.29, 0.717) is 16.7 Å². The van der Waals surface area contributed by atoms with Gasteiger partial charge >= 0.3 is 17.9 Å². The molecule has 3 aromatic rings. The average Bonchev–Trinajstić information content (AvgIpc) is 2.90. The van der Waals surface area contributed by atoms with Gasteiger partial charge in [0.05, 0.1) is 10.9 Å². The highest BCUT2D eigenvalue weighted by molar-refractivity contribution is 5.83. The molecule has 1 amide bonds. The molecule has 0 radical (unpaired) electrons. The van der Waals surface area contributed by atoms with Gasteiger partial charge in [-0.2, -0.15) is 0 Å². The summed E-state index contributed by atoms with van der Waals surface area (Å²) < 4.78 is 34.1. The normalized spacial score (nSPS) is 21.7. The molecule has 2 aromatic carbocycles. The van der Waals surface area contributed by atoms with Gasteiger partial charge < -0.3 is 33.4 Å². The Balaban J connectivity index is 1.73. The van der Waals surface area contributed by atoms with Crippen molar-refractivity contribution < 1.29 is 47.3 Å². The monoisotopic (exact) mass is 581 g/mol. The first-order valence-corrected chi connectivity index (χ1v) is 13.1. The summed E-state index contributed by atoms with van der Waals surface area (Å²) in [6.45, 7) is 6.05. The standard InChI is InChI=1S/C30H31NO11/c1-15-25(20-9-7-6-8-10-20)27(36)22-12-11-21(13-23(22)38-15)41-30-26(31-16(2)32)29(40-19(5)35)28(39-18(4)34)24(42-30)14-37-17(3)33/h6-13,24,26,28-30H,14H2,1-5H3,(H,31,32). The van der Waals surface area contributed by atoms with E-state index >= 15 is 0 Å². The molecule has 4 rings (SSSR count). The van der Waals surface area contributed by atoms with Crippen molar-refractivity contribution in [3.8, 4) is 16.9 Å². The maximum Gasteiger partial charge on any atom is 0.303 e. The van der Waals surface area contributed by atoms with E-state index in [-0.39, 0.29) is 23.4 Å². The molecule has 222 valence electrons. The van der Waals surface area contributed by atoms with E-state index in [0.717, 1.165) is 19.4 Å². The maximum absolute atomic E-state index is 13.4. The highest BCUT2D eigenvalue weighted by Gasteiger charge is 2.52. The average molecular weight is 582 g/mol. The Hall–Kier alpha value is -4.71. The maximum atomic E-state index is 13.4. The van der Waals surface area contributed by atoms with E-state index in [1.807, 2.05) is 30.3 Å². The summed E-state index contributed by atoms with van der Waals surface area (Å²) in [5, 5.41) is 2.95. The second-order valence-electron chi connectivity index (χ2n) is 9.72. The van der Waals surface area contributed by atoms with Crippen LogP contribution in [0, 0.1) is 6.92 Å². The largest absolute Gasteiger partial charge is 0.463 e. The number of fused-ring (bicyclic) bond motifs is 1. The van der Waals surface area contributed by atoms with Crippen molar-refractivity contribution in [3.05, 3.63) is 64.5 Å². The summed E-state index contributed by atoms with van der Waals surface area (Å²) in [5.41, 5.74) is 1.18. The fraction of sp³-hybridized carbons (Fsp3) is 0.367. The smallest absolute Gasteiger partial charge is 0.303 e. The number of amides is 1. The zero-order valence-electron chi connectivity index (χ0n) is 23.7. The fourth-order valence-electron chi connectivity index (χ4n) is 4.82. The van der Waals surface area contributed by atoms with Gasteiger partial charge in [0.25, 0.3) is 0 Å². The van der Waals surface area contributed by atoms with Gasteiger partial charge in [0.2, 0.25) is 17.6 Å². The number of aryl methyl sites for hydroxylation is 1. The third-order valence-corrected chi connectivity index (χ3v) is 6.43. The molecule has 1 aliphatic heterocycles. The van der Waals surface area contributed by atoms with Gasteiger partial charge in [-0.15, -0.1) is 0 Å². The third-order valence-electron chi connectivity index (χ3n) is 6.43. The predicted octanol–water partition coefficient (Wildman–Crippen LogP) is 2.80. The van der Waals surface area contributed by atoms with Gasteiger partial charge in [0.1, 0.15) is 35.8 Å². The van der Waals surface area contributed by atoms with Gasteiger partial charge in [0.15, 0.2) is 12.2 Å². The summed E-state index contributed by atoms with van der Waals surface area (Å²) in [7, 11) is 0. The van der Waals surface area contributed by atoms with Crippen molar-refractivity contribution in [1.29, 1.82) is 0 Å². The van der Waals surface area contributed by atoms with E-state index in [1.54, 1.807) is 13.0 Å². The van der Waals surface area contributed by atoms with Crippen LogP contribution < -0.4 is 15.5 Å². The highest BCUT2D eigenvalue weighted by atomic mass is 16.7. The second-order valence-corrected chi connectivity index (χ2v) is 9.72. The van der Waals surface area contributed by atoms with Crippen LogP contribution in [-0.4, -0.2) is 61.1 Å². The van der Waals surface area contributed by atoms with Crippen molar-refractivity contribution in [2.24, 2.45) is 0 Å². The molecular formula is C30H31NO11. The molecule has 5 atom stereocenters. The van der Waals surface area contributed by atoms with Crippen LogP contribution in [0.1, 0.15) is 33.5 Å². The number of esters is 3. The molecule has 0 aliphatic carbocycles. The topological polar surface area (TPSA) is 157 Å². The number of hydrogen-bond acceptors (Lipinski definition) is 11. The molecule has 1 N–H and O–H groups in total. The molecule has 1 aromatic heterocycles. The Morgan fingerprint density at radius 3 is 2.17 bits per heavy atom. The minimum Gasteiger partial charge on any atom is -0.463 e. The summed E-state index contributed by atoms with van der Waals surface area (Å²) in [5.74, 6) is -1.98.